The molecule has 0 spiro atoms. The van der Waals surface area contributed by atoms with E-state index in [1.807, 2.05) is 0 Å². The Morgan fingerprint density at radius 3 is 2.07 bits per heavy atom. The Kier molecular flexibility index (Phi) is 5.50. The van der Waals surface area contributed by atoms with Crippen molar-refractivity contribution in [2.45, 2.75) is 54.4 Å². The van der Waals surface area contributed by atoms with Crippen LogP contribution in [-0.2, 0) is 0 Å². The van der Waals surface area contributed by atoms with Crippen molar-refractivity contribution in [3.8, 4) is 0 Å². The van der Waals surface area contributed by atoms with E-state index in [0.717, 1.165) is 25.9 Å². The molecule has 0 aliphatic rings. The van der Waals surface area contributed by atoms with E-state index in [0.29, 0.717) is 0 Å². The molecule has 2 N–H and O–H groups in total. The van der Waals surface area contributed by atoms with Gasteiger partial charge in [0.05, 0.1) is 0 Å². The van der Waals surface area contributed by atoms with Gasteiger partial charge in [0.25, 0.3) is 0 Å². The average molecular weight is 212 g/mol. The van der Waals surface area contributed by atoms with E-state index in [-0.39, 0.29) is 10.8 Å². The zero-order chi connectivity index (χ0) is 12.1. The number of hydrogen-bond acceptors (Lipinski definition) is 2. The van der Waals surface area contributed by atoms with Crippen LogP contribution in [0.3, 0.4) is 0 Å². The van der Waals surface area contributed by atoms with Crippen LogP contribution in [-0.4, -0.2) is 18.8 Å². The van der Waals surface area contributed by atoms with Crippen molar-refractivity contribution in [3.05, 3.63) is 0 Å². The van der Waals surface area contributed by atoms with Gasteiger partial charge in [-0.05, 0) is 37.1 Å². The van der Waals surface area contributed by atoms with Crippen molar-refractivity contribution < 1.29 is 0 Å². The highest BCUT2D eigenvalue weighted by atomic mass is 14.8. The predicted octanol–water partition coefficient (Wildman–Crippen LogP) is 3.26. The van der Waals surface area contributed by atoms with E-state index in [4.69, 9.17) is 5.73 Å². The van der Waals surface area contributed by atoms with Gasteiger partial charge in [-0.3, -0.25) is 4.99 Å². The molecule has 0 aliphatic heterocycles. The molecular weight excluding hydrogens is 184 g/mol. The van der Waals surface area contributed by atoms with E-state index >= 15 is 0 Å². The molecule has 2 nitrogen and oxygen atoms in total. The van der Waals surface area contributed by atoms with Crippen molar-refractivity contribution in [2.75, 3.05) is 13.1 Å². The first-order valence-corrected chi connectivity index (χ1v) is 5.92. The Morgan fingerprint density at radius 2 is 1.67 bits per heavy atom. The molecule has 0 amide bonds. The molecule has 0 atom stereocenters. The third-order valence-electron chi connectivity index (χ3n) is 2.80. The van der Waals surface area contributed by atoms with Gasteiger partial charge in [0.2, 0.25) is 0 Å². The first kappa shape index (κ1) is 14.6. The lowest BCUT2D eigenvalue weighted by molar-refractivity contribution is 0.208. The topological polar surface area (TPSA) is 38.4 Å². The first-order valence-electron chi connectivity index (χ1n) is 5.92. The standard InChI is InChI=1S/C13H28N2/c1-7-11(2)15-10-13(5,6)8-12(3,4)9-14/h7-10,14H2,1-6H3. The number of nitrogens with two attached hydrogens (primary N) is 1. The van der Waals surface area contributed by atoms with Gasteiger partial charge in [0, 0.05) is 12.3 Å². The zero-order valence-corrected chi connectivity index (χ0v) is 11.4. The summed E-state index contributed by atoms with van der Waals surface area (Å²) in [5.74, 6) is 0. The predicted molar refractivity (Wildman–Crippen MR) is 69.5 cm³/mol. The second-order valence-corrected chi connectivity index (χ2v) is 6.11. The summed E-state index contributed by atoms with van der Waals surface area (Å²) < 4.78 is 0. The third kappa shape index (κ3) is 6.67. The highest BCUT2D eigenvalue weighted by Gasteiger charge is 2.27. The quantitative estimate of drug-likeness (QED) is 0.674. The highest BCUT2D eigenvalue weighted by Crippen LogP contribution is 2.33. The Balaban J connectivity index is 4.31. The van der Waals surface area contributed by atoms with Gasteiger partial charge in [0.1, 0.15) is 0 Å². The Labute approximate surface area is 95.4 Å². The van der Waals surface area contributed by atoms with Gasteiger partial charge in [-0.2, -0.15) is 0 Å². The van der Waals surface area contributed by atoms with Gasteiger partial charge in [-0.15, -0.1) is 0 Å². The molecule has 90 valence electrons. The van der Waals surface area contributed by atoms with E-state index in [1.165, 1.54) is 5.71 Å². The van der Waals surface area contributed by atoms with E-state index in [1.54, 1.807) is 0 Å². The monoisotopic (exact) mass is 212 g/mol. The zero-order valence-electron chi connectivity index (χ0n) is 11.4. The number of rotatable bonds is 6. The van der Waals surface area contributed by atoms with E-state index in [9.17, 15) is 0 Å². The largest absolute Gasteiger partial charge is 0.330 e. The van der Waals surface area contributed by atoms with Crippen LogP contribution in [0.1, 0.15) is 54.4 Å². The van der Waals surface area contributed by atoms with Crippen molar-refractivity contribution >= 4 is 5.71 Å². The van der Waals surface area contributed by atoms with E-state index < -0.39 is 0 Å². The summed E-state index contributed by atoms with van der Waals surface area (Å²) in [4.78, 5) is 4.61. The minimum absolute atomic E-state index is 0.221. The van der Waals surface area contributed by atoms with Crippen molar-refractivity contribution in [1.29, 1.82) is 0 Å². The average Bonchev–Trinajstić information content (AvgIpc) is 2.13. The maximum atomic E-state index is 5.76. The molecule has 15 heavy (non-hydrogen) atoms. The fraction of sp³-hybridized carbons (Fsp3) is 0.923. The van der Waals surface area contributed by atoms with Crippen LogP contribution in [0, 0.1) is 10.8 Å². The van der Waals surface area contributed by atoms with Crippen molar-refractivity contribution in [1.82, 2.24) is 0 Å². The molecule has 0 saturated carbocycles. The molecule has 0 aromatic carbocycles. The summed E-state index contributed by atoms with van der Waals surface area (Å²) in [6.07, 6.45) is 2.17. The number of aliphatic imine (C=N–C) groups is 1. The van der Waals surface area contributed by atoms with Crippen LogP contribution in [0.2, 0.25) is 0 Å². The second kappa shape index (κ2) is 5.64. The van der Waals surface area contributed by atoms with Crippen LogP contribution >= 0.6 is 0 Å². The maximum Gasteiger partial charge on any atom is 0.0439 e. The molecule has 0 radical (unpaired) electrons. The first-order chi connectivity index (χ1) is 6.72. The molecule has 0 fully saturated rings. The molecule has 0 bridgehead atoms. The SMILES string of the molecule is CCC(C)=NCC(C)(C)CC(C)(C)CN. The Morgan fingerprint density at radius 1 is 1.13 bits per heavy atom. The summed E-state index contributed by atoms with van der Waals surface area (Å²) in [6, 6.07) is 0. The van der Waals surface area contributed by atoms with Crippen LogP contribution in [0.15, 0.2) is 4.99 Å². The maximum absolute atomic E-state index is 5.76. The van der Waals surface area contributed by atoms with Gasteiger partial charge in [-0.1, -0.05) is 34.6 Å². The summed E-state index contributed by atoms with van der Waals surface area (Å²) in [5.41, 5.74) is 7.47. The van der Waals surface area contributed by atoms with Crippen LogP contribution < -0.4 is 5.73 Å². The summed E-state index contributed by atoms with van der Waals surface area (Å²) >= 11 is 0. The molecular formula is C13H28N2. The molecule has 0 rings (SSSR count). The molecule has 0 aromatic rings. The minimum Gasteiger partial charge on any atom is -0.330 e. The van der Waals surface area contributed by atoms with Crippen molar-refractivity contribution in [3.63, 3.8) is 0 Å². The van der Waals surface area contributed by atoms with E-state index in [2.05, 4.69) is 46.5 Å². The summed E-state index contributed by atoms with van der Waals surface area (Å²) in [7, 11) is 0. The molecule has 0 heterocycles. The lowest BCUT2D eigenvalue weighted by Crippen LogP contribution is -2.31. The normalized spacial score (nSPS) is 14.5. The van der Waals surface area contributed by atoms with Crippen LogP contribution in [0.25, 0.3) is 0 Å². The molecule has 2 heteroatoms. The third-order valence-corrected chi connectivity index (χ3v) is 2.80. The molecule has 0 unspecified atom stereocenters. The lowest BCUT2D eigenvalue weighted by atomic mass is 9.75. The molecule has 0 aliphatic carbocycles. The minimum atomic E-state index is 0.221. The number of hydrogen-bond donors (Lipinski definition) is 1. The molecule has 0 saturated heterocycles. The summed E-state index contributed by atoms with van der Waals surface area (Å²) in [6.45, 7) is 14.9. The Hall–Kier alpha value is -0.370. The Bertz CT molecular complexity index is 215. The fourth-order valence-electron chi connectivity index (χ4n) is 1.88. The van der Waals surface area contributed by atoms with Gasteiger partial charge in [-0.25, -0.2) is 0 Å². The van der Waals surface area contributed by atoms with Crippen molar-refractivity contribution in [2.24, 2.45) is 21.6 Å². The highest BCUT2D eigenvalue weighted by molar-refractivity contribution is 5.81. The molecule has 0 aromatic heterocycles. The van der Waals surface area contributed by atoms with Gasteiger partial charge in [0.15, 0.2) is 0 Å². The van der Waals surface area contributed by atoms with Gasteiger partial charge >= 0.3 is 0 Å². The smallest absolute Gasteiger partial charge is 0.0439 e. The lowest BCUT2D eigenvalue weighted by Gasteiger charge is -2.33. The van der Waals surface area contributed by atoms with Crippen LogP contribution in [0.4, 0.5) is 0 Å². The van der Waals surface area contributed by atoms with Crippen LogP contribution in [0.5, 0.6) is 0 Å². The number of nitrogens with zero attached hydrogens (tertiary/aromatic N) is 1. The second-order valence-electron chi connectivity index (χ2n) is 6.11. The fourth-order valence-corrected chi connectivity index (χ4v) is 1.88. The summed E-state index contributed by atoms with van der Waals surface area (Å²) in [5, 5.41) is 0. The van der Waals surface area contributed by atoms with Gasteiger partial charge < -0.3 is 5.73 Å².